The molecule has 2 N–H and O–H groups in total. The molecule has 0 aliphatic carbocycles. The Balaban J connectivity index is 2.11. The van der Waals surface area contributed by atoms with E-state index in [1.54, 1.807) is 18.2 Å². The van der Waals surface area contributed by atoms with Gasteiger partial charge in [0.25, 0.3) is 5.91 Å². The number of amides is 1. The highest BCUT2D eigenvalue weighted by atomic mass is 16.3. The molecule has 1 aromatic rings. The Hall–Kier alpha value is -1.55. The molecule has 21 heavy (non-hydrogen) atoms. The summed E-state index contributed by atoms with van der Waals surface area (Å²) in [6, 6.07) is 5.39. The lowest BCUT2D eigenvalue weighted by molar-refractivity contribution is 0.0738. The third-order valence-corrected chi connectivity index (χ3v) is 4.11. The average Bonchev–Trinajstić information content (AvgIpc) is 2.95. The molecular formula is C17H26N2O2. The van der Waals surface area contributed by atoms with Crippen LogP contribution in [0.2, 0.25) is 0 Å². The third kappa shape index (κ3) is 4.21. The lowest BCUT2D eigenvalue weighted by Crippen LogP contribution is -2.41. The van der Waals surface area contributed by atoms with Crippen molar-refractivity contribution in [3.05, 3.63) is 29.3 Å². The summed E-state index contributed by atoms with van der Waals surface area (Å²) in [5.41, 5.74) is 1.53. The summed E-state index contributed by atoms with van der Waals surface area (Å²) in [5.74, 6) is 0.288. The number of hydrogen-bond donors (Lipinski definition) is 2. The number of aromatic hydroxyl groups is 1. The second-order valence-corrected chi connectivity index (χ2v) is 5.90. The molecule has 1 amide bonds. The van der Waals surface area contributed by atoms with Crippen LogP contribution in [0.3, 0.4) is 0 Å². The molecule has 1 aliphatic heterocycles. The van der Waals surface area contributed by atoms with Crippen LogP contribution in [-0.4, -0.2) is 41.6 Å². The van der Waals surface area contributed by atoms with Crippen molar-refractivity contribution in [2.24, 2.45) is 0 Å². The van der Waals surface area contributed by atoms with Crippen molar-refractivity contribution in [1.82, 2.24) is 10.2 Å². The summed E-state index contributed by atoms with van der Waals surface area (Å²) in [4.78, 5) is 14.8. The highest BCUT2D eigenvalue weighted by molar-refractivity contribution is 5.95. The van der Waals surface area contributed by atoms with Crippen molar-refractivity contribution >= 4 is 5.91 Å². The SMILES string of the molecule is CCCCN(CC1CCCN1)C(=O)c1ccc(O)cc1C. The van der Waals surface area contributed by atoms with Crippen LogP contribution >= 0.6 is 0 Å². The highest BCUT2D eigenvalue weighted by Crippen LogP contribution is 2.18. The van der Waals surface area contributed by atoms with Gasteiger partial charge in [0.2, 0.25) is 0 Å². The van der Waals surface area contributed by atoms with E-state index in [9.17, 15) is 9.90 Å². The zero-order valence-electron chi connectivity index (χ0n) is 13.1. The highest BCUT2D eigenvalue weighted by Gasteiger charge is 2.23. The Morgan fingerprint density at radius 1 is 1.48 bits per heavy atom. The van der Waals surface area contributed by atoms with Crippen LogP contribution < -0.4 is 5.32 Å². The van der Waals surface area contributed by atoms with Crippen molar-refractivity contribution in [1.29, 1.82) is 0 Å². The van der Waals surface area contributed by atoms with Gasteiger partial charge >= 0.3 is 0 Å². The Kier molecular flexibility index (Phi) is 5.62. The van der Waals surface area contributed by atoms with Crippen LogP contribution in [0.25, 0.3) is 0 Å². The van der Waals surface area contributed by atoms with Crippen LogP contribution in [0.1, 0.15) is 48.5 Å². The molecule has 116 valence electrons. The molecule has 2 rings (SSSR count). The maximum absolute atomic E-state index is 12.8. The van der Waals surface area contributed by atoms with E-state index < -0.39 is 0 Å². The summed E-state index contributed by atoms with van der Waals surface area (Å²) < 4.78 is 0. The van der Waals surface area contributed by atoms with Crippen LogP contribution in [0, 0.1) is 6.92 Å². The van der Waals surface area contributed by atoms with Crippen molar-refractivity contribution in [2.75, 3.05) is 19.6 Å². The number of nitrogens with zero attached hydrogens (tertiary/aromatic N) is 1. The predicted octanol–water partition coefficient (Wildman–Crippen LogP) is 2.69. The number of phenols is 1. The fourth-order valence-electron chi connectivity index (χ4n) is 2.86. The molecule has 0 spiro atoms. The fraction of sp³-hybridized carbons (Fsp3) is 0.588. The molecule has 1 aromatic carbocycles. The number of hydrogen-bond acceptors (Lipinski definition) is 3. The predicted molar refractivity (Wildman–Crippen MR) is 84.7 cm³/mol. The third-order valence-electron chi connectivity index (χ3n) is 4.11. The molecule has 0 bridgehead atoms. The van der Waals surface area contributed by atoms with Gasteiger partial charge in [-0.3, -0.25) is 4.79 Å². The van der Waals surface area contributed by atoms with Crippen molar-refractivity contribution < 1.29 is 9.90 Å². The molecule has 1 unspecified atom stereocenters. The Morgan fingerprint density at radius 2 is 2.29 bits per heavy atom. The maximum Gasteiger partial charge on any atom is 0.254 e. The quantitative estimate of drug-likeness (QED) is 0.847. The van der Waals surface area contributed by atoms with Crippen LogP contribution in [-0.2, 0) is 0 Å². The van der Waals surface area contributed by atoms with Crippen LogP contribution in [0.15, 0.2) is 18.2 Å². The van der Waals surface area contributed by atoms with Crippen molar-refractivity contribution in [3.8, 4) is 5.75 Å². The van der Waals surface area contributed by atoms with Crippen LogP contribution in [0.4, 0.5) is 0 Å². The van der Waals surface area contributed by atoms with Gasteiger partial charge in [0.05, 0.1) is 0 Å². The smallest absolute Gasteiger partial charge is 0.254 e. The summed E-state index contributed by atoms with van der Waals surface area (Å²) in [6.07, 6.45) is 4.44. The molecule has 1 heterocycles. The van der Waals surface area contributed by atoms with E-state index in [4.69, 9.17) is 0 Å². The standard InChI is InChI=1S/C17H26N2O2/c1-3-4-10-19(12-14-6-5-9-18-14)17(21)16-8-7-15(20)11-13(16)2/h7-8,11,14,18,20H,3-6,9-10,12H2,1-2H3. The normalized spacial score (nSPS) is 17.9. The molecule has 0 saturated carbocycles. The monoisotopic (exact) mass is 290 g/mol. The second kappa shape index (κ2) is 7.46. The van der Waals surface area contributed by atoms with E-state index in [1.807, 2.05) is 11.8 Å². The first kappa shape index (κ1) is 15.8. The molecule has 0 radical (unpaired) electrons. The summed E-state index contributed by atoms with van der Waals surface area (Å²) in [5, 5.41) is 13.0. The zero-order chi connectivity index (χ0) is 15.2. The Labute approximate surface area is 127 Å². The fourth-order valence-corrected chi connectivity index (χ4v) is 2.86. The zero-order valence-corrected chi connectivity index (χ0v) is 13.1. The van der Waals surface area contributed by atoms with Gasteiger partial charge in [-0.1, -0.05) is 13.3 Å². The van der Waals surface area contributed by atoms with E-state index >= 15 is 0 Å². The minimum atomic E-state index is 0.0784. The topological polar surface area (TPSA) is 52.6 Å². The van der Waals surface area contributed by atoms with E-state index in [1.165, 1.54) is 6.42 Å². The Morgan fingerprint density at radius 3 is 2.90 bits per heavy atom. The number of unbranched alkanes of at least 4 members (excludes halogenated alkanes) is 1. The van der Waals surface area contributed by atoms with Gasteiger partial charge in [-0.25, -0.2) is 0 Å². The molecular weight excluding hydrogens is 264 g/mol. The molecule has 1 aliphatic rings. The number of nitrogens with one attached hydrogen (secondary N) is 1. The molecule has 1 saturated heterocycles. The first-order valence-corrected chi connectivity index (χ1v) is 7.94. The van der Waals surface area contributed by atoms with Gasteiger partial charge in [-0.05, 0) is 56.5 Å². The van der Waals surface area contributed by atoms with Gasteiger partial charge in [0.15, 0.2) is 0 Å². The van der Waals surface area contributed by atoms with E-state index in [0.717, 1.165) is 44.5 Å². The van der Waals surface area contributed by atoms with Gasteiger partial charge < -0.3 is 15.3 Å². The molecule has 0 aromatic heterocycles. The first-order valence-electron chi connectivity index (χ1n) is 7.94. The lowest BCUT2D eigenvalue weighted by Gasteiger charge is -2.26. The second-order valence-electron chi connectivity index (χ2n) is 5.90. The largest absolute Gasteiger partial charge is 0.508 e. The minimum absolute atomic E-state index is 0.0784. The number of carbonyl (C=O) groups is 1. The number of carbonyl (C=O) groups excluding carboxylic acids is 1. The first-order chi connectivity index (χ1) is 10.1. The average molecular weight is 290 g/mol. The van der Waals surface area contributed by atoms with E-state index in [2.05, 4.69) is 12.2 Å². The summed E-state index contributed by atoms with van der Waals surface area (Å²) in [7, 11) is 0. The lowest BCUT2D eigenvalue weighted by atomic mass is 10.1. The van der Waals surface area contributed by atoms with Crippen molar-refractivity contribution in [3.63, 3.8) is 0 Å². The minimum Gasteiger partial charge on any atom is -0.508 e. The van der Waals surface area contributed by atoms with E-state index in [0.29, 0.717) is 11.6 Å². The number of benzene rings is 1. The van der Waals surface area contributed by atoms with E-state index in [-0.39, 0.29) is 11.7 Å². The van der Waals surface area contributed by atoms with Crippen molar-refractivity contribution in [2.45, 2.75) is 45.6 Å². The molecule has 4 heteroatoms. The van der Waals surface area contributed by atoms with Crippen LogP contribution in [0.5, 0.6) is 5.75 Å². The summed E-state index contributed by atoms with van der Waals surface area (Å²) in [6.45, 7) is 6.65. The number of phenolic OH excluding ortho intramolecular Hbond substituents is 1. The van der Waals surface area contributed by atoms with Gasteiger partial charge in [0.1, 0.15) is 5.75 Å². The van der Waals surface area contributed by atoms with Gasteiger partial charge in [0, 0.05) is 24.7 Å². The Bertz CT molecular complexity index is 482. The number of rotatable bonds is 6. The molecule has 4 nitrogen and oxygen atoms in total. The summed E-state index contributed by atoms with van der Waals surface area (Å²) >= 11 is 0. The maximum atomic E-state index is 12.8. The molecule has 1 atom stereocenters. The van der Waals surface area contributed by atoms with Gasteiger partial charge in [-0.15, -0.1) is 0 Å². The number of aryl methyl sites for hydroxylation is 1. The van der Waals surface area contributed by atoms with Gasteiger partial charge in [-0.2, -0.15) is 0 Å². The molecule has 1 fully saturated rings.